The van der Waals surface area contributed by atoms with Crippen molar-refractivity contribution in [2.24, 2.45) is 0 Å². The first kappa shape index (κ1) is 13.4. The van der Waals surface area contributed by atoms with Crippen molar-refractivity contribution >= 4 is 62.5 Å². The zero-order valence-electron chi connectivity index (χ0n) is 9.87. The van der Waals surface area contributed by atoms with Gasteiger partial charge in [0.2, 0.25) is 5.78 Å². The highest BCUT2D eigenvalue weighted by molar-refractivity contribution is 9.10. The first-order valence-electron chi connectivity index (χ1n) is 5.53. The first-order chi connectivity index (χ1) is 9.04. The average Bonchev–Trinajstić information content (AvgIpc) is 2.84. The lowest BCUT2D eigenvalue weighted by Crippen LogP contribution is -1.97. The van der Waals surface area contributed by atoms with Crippen LogP contribution in [0, 0.1) is 6.92 Å². The van der Waals surface area contributed by atoms with Gasteiger partial charge < -0.3 is 0 Å². The molecule has 1 aromatic heterocycles. The molecule has 0 saturated carbocycles. The molecule has 0 unspecified atom stereocenters. The van der Waals surface area contributed by atoms with Crippen LogP contribution in [0.5, 0.6) is 0 Å². The van der Waals surface area contributed by atoms with E-state index in [9.17, 15) is 4.79 Å². The quantitative estimate of drug-likeness (QED) is 0.589. The normalized spacial score (nSPS) is 16.2. The summed E-state index contributed by atoms with van der Waals surface area (Å²) in [6.45, 7) is 1.92. The van der Waals surface area contributed by atoms with E-state index in [4.69, 9.17) is 11.6 Å². The predicted octanol–water partition coefficient (Wildman–Crippen LogP) is 5.80. The Kier molecular flexibility index (Phi) is 3.60. The second-order valence-corrected chi connectivity index (χ2v) is 7.58. The van der Waals surface area contributed by atoms with Gasteiger partial charge in [0, 0.05) is 30.2 Å². The number of hydrogen-bond acceptors (Lipinski definition) is 3. The minimum absolute atomic E-state index is 0.0960. The van der Waals surface area contributed by atoms with E-state index in [1.165, 1.54) is 11.8 Å². The molecule has 0 aliphatic carbocycles. The van der Waals surface area contributed by atoms with Crippen LogP contribution in [0.3, 0.4) is 0 Å². The summed E-state index contributed by atoms with van der Waals surface area (Å²) in [4.78, 5) is 15.2. The Balaban J connectivity index is 2.04. The van der Waals surface area contributed by atoms with Crippen molar-refractivity contribution in [3.05, 3.63) is 54.0 Å². The summed E-state index contributed by atoms with van der Waals surface area (Å²) in [5.74, 6) is 0.0960. The fraction of sp³-hybridized carbons (Fsp3) is 0.0714. The second-order valence-electron chi connectivity index (χ2n) is 4.20. The number of ketones is 1. The van der Waals surface area contributed by atoms with Crippen LogP contribution in [0.2, 0.25) is 5.02 Å². The van der Waals surface area contributed by atoms with Crippen LogP contribution >= 0.6 is 50.6 Å². The van der Waals surface area contributed by atoms with Crippen molar-refractivity contribution in [1.29, 1.82) is 0 Å². The third-order valence-electron chi connectivity index (χ3n) is 2.80. The number of carbonyl (C=O) groups excluding carboxylic acids is 1. The number of hydrogen-bond donors (Lipinski definition) is 0. The molecule has 0 amide bonds. The number of thiophene rings is 1. The molecular formula is C14H8BrClOS2. The number of allylic oxidation sites excluding steroid dienone is 1. The fourth-order valence-corrected chi connectivity index (χ4v) is 4.95. The third-order valence-corrected chi connectivity index (χ3v) is 5.72. The van der Waals surface area contributed by atoms with Gasteiger partial charge in [0.15, 0.2) is 0 Å². The highest BCUT2D eigenvalue weighted by Gasteiger charge is 2.28. The van der Waals surface area contributed by atoms with E-state index < -0.39 is 0 Å². The van der Waals surface area contributed by atoms with Gasteiger partial charge in [-0.2, -0.15) is 0 Å². The lowest BCUT2D eigenvalue weighted by molar-refractivity contribution is 0.104. The Hall–Kier alpha value is -0.550. The SMILES string of the molecule is Cc1cc(Cl)cc2c1C(=O)C(=Cc1cc(Br)cs1)S2. The van der Waals surface area contributed by atoms with Gasteiger partial charge in [-0.15, -0.1) is 11.3 Å². The van der Waals surface area contributed by atoms with Crippen molar-refractivity contribution in [3.63, 3.8) is 0 Å². The number of Topliss-reactive ketones (excluding diaryl/α,β-unsaturated/α-hetero) is 1. The van der Waals surface area contributed by atoms with E-state index in [1.54, 1.807) is 11.3 Å². The smallest absolute Gasteiger partial charge is 0.201 e. The highest BCUT2D eigenvalue weighted by Crippen LogP contribution is 2.44. The summed E-state index contributed by atoms with van der Waals surface area (Å²) < 4.78 is 1.04. The maximum Gasteiger partial charge on any atom is 0.201 e. The van der Waals surface area contributed by atoms with Crippen LogP contribution < -0.4 is 0 Å². The van der Waals surface area contributed by atoms with Crippen molar-refractivity contribution in [2.45, 2.75) is 11.8 Å². The summed E-state index contributed by atoms with van der Waals surface area (Å²) in [6, 6.07) is 5.70. The Morgan fingerprint density at radius 1 is 1.32 bits per heavy atom. The van der Waals surface area contributed by atoms with Gasteiger partial charge in [0.05, 0.1) is 4.91 Å². The van der Waals surface area contributed by atoms with Crippen LogP contribution in [0.15, 0.2) is 37.9 Å². The fourth-order valence-electron chi connectivity index (χ4n) is 2.00. The molecule has 2 aromatic rings. The third kappa shape index (κ3) is 2.55. The van der Waals surface area contributed by atoms with Gasteiger partial charge in [-0.3, -0.25) is 4.79 Å². The molecule has 1 nitrogen and oxygen atoms in total. The average molecular weight is 372 g/mol. The Labute approximate surface area is 132 Å². The molecule has 0 N–H and O–H groups in total. The molecule has 0 fully saturated rings. The second kappa shape index (κ2) is 5.09. The first-order valence-corrected chi connectivity index (χ1v) is 8.40. The maximum atomic E-state index is 12.4. The molecule has 1 aliphatic heterocycles. The number of aryl methyl sites for hydroxylation is 1. The van der Waals surface area contributed by atoms with E-state index in [2.05, 4.69) is 15.9 Å². The summed E-state index contributed by atoms with van der Waals surface area (Å²) in [5.41, 5.74) is 1.73. The standard InChI is InChI=1S/C14H8BrClOS2/c1-7-2-9(16)4-11-13(7)14(17)12(19-11)5-10-3-8(15)6-18-10/h2-6H,1H3. The van der Waals surface area contributed by atoms with E-state index in [0.29, 0.717) is 5.02 Å². The highest BCUT2D eigenvalue weighted by atomic mass is 79.9. The Bertz CT molecular complexity index is 718. The molecule has 0 spiro atoms. The van der Waals surface area contributed by atoms with Crippen LogP contribution in [0.25, 0.3) is 6.08 Å². The maximum absolute atomic E-state index is 12.4. The summed E-state index contributed by atoms with van der Waals surface area (Å²) >= 11 is 12.6. The molecule has 2 heterocycles. The number of benzene rings is 1. The molecule has 1 aliphatic rings. The van der Waals surface area contributed by atoms with Crippen LogP contribution in [0.4, 0.5) is 0 Å². The molecule has 0 saturated heterocycles. The van der Waals surface area contributed by atoms with Crippen molar-refractivity contribution in [3.8, 4) is 0 Å². The minimum atomic E-state index is 0.0960. The van der Waals surface area contributed by atoms with Crippen LogP contribution in [-0.4, -0.2) is 5.78 Å². The van der Waals surface area contributed by atoms with Gasteiger partial charge in [0.1, 0.15) is 0 Å². The van der Waals surface area contributed by atoms with Crippen molar-refractivity contribution in [2.75, 3.05) is 0 Å². The van der Waals surface area contributed by atoms with Crippen LogP contribution in [-0.2, 0) is 0 Å². The zero-order chi connectivity index (χ0) is 13.6. The van der Waals surface area contributed by atoms with Gasteiger partial charge in [-0.1, -0.05) is 23.4 Å². The number of halogens is 2. The molecule has 5 heteroatoms. The van der Waals surface area contributed by atoms with E-state index in [0.717, 1.165) is 30.3 Å². The lowest BCUT2D eigenvalue weighted by Gasteiger charge is -2.00. The predicted molar refractivity (Wildman–Crippen MR) is 86.4 cm³/mol. The van der Waals surface area contributed by atoms with E-state index >= 15 is 0 Å². The molecule has 0 atom stereocenters. The van der Waals surface area contributed by atoms with Gasteiger partial charge >= 0.3 is 0 Å². The molecule has 19 heavy (non-hydrogen) atoms. The number of rotatable bonds is 1. The van der Waals surface area contributed by atoms with Crippen molar-refractivity contribution in [1.82, 2.24) is 0 Å². The summed E-state index contributed by atoms with van der Waals surface area (Å²) in [7, 11) is 0. The molecule has 3 rings (SSSR count). The van der Waals surface area contributed by atoms with Gasteiger partial charge in [-0.25, -0.2) is 0 Å². The van der Waals surface area contributed by atoms with Gasteiger partial charge in [-0.05, 0) is 52.7 Å². The lowest BCUT2D eigenvalue weighted by atomic mass is 10.0. The number of carbonyl (C=O) groups is 1. The Morgan fingerprint density at radius 3 is 2.79 bits per heavy atom. The number of fused-ring (bicyclic) bond motifs is 1. The monoisotopic (exact) mass is 370 g/mol. The summed E-state index contributed by atoms with van der Waals surface area (Å²) in [6.07, 6.45) is 1.94. The van der Waals surface area contributed by atoms with Gasteiger partial charge in [0.25, 0.3) is 0 Å². The van der Waals surface area contributed by atoms with Crippen molar-refractivity contribution < 1.29 is 4.79 Å². The topological polar surface area (TPSA) is 17.1 Å². The largest absolute Gasteiger partial charge is 0.288 e. The van der Waals surface area contributed by atoms with E-state index in [1.807, 2.05) is 36.6 Å². The summed E-state index contributed by atoms with van der Waals surface area (Å²) in [5, 5.41) is 2.68. The van der Waals surface area contributed by atoms with E-state index in [-0.39, 0.29) is 5.78 Å². The molecule has 96 valence electrons. The zero-order valence-corrected chi connectivity index (χ0v) is 13.8. The molecule has 1 aromatic carbocycles. The molecule has 0 bridgehead atoms. The molecule has 0 radical (unpaired) electrons. The van der Waals surface area contributed by atoms with Crippen LogP contribution in [0.1, 0.15) is 20.8 Å². The molecular weight excluding hydrogens is 364 g/mol. The Morgan fingerprint density at radius 2 is 2.11 bits per heavy atom. The number of thioether (sulfide) groups is 1. The minimum Gasteiger partial charge on any atom is -0.288 e.